The van der Waals surface area contributed by atoms with Crippen molar-refractivity contribution in [2.24, 2.45) is 0 Å². The Labute approximate surface area is 73.4 Å². The SMILES string of the molecule is CC=C(C)[SiH2]N(CC)C(C)C. The molecule has 0 fully saturated rings. The van der Waals surface area contributed by atoms with Gasteiger partial charge in [0, 0.05) is 0 Å². The quantitative estimate of drug-likeness (QED) is 0.582. The Morgan fingerprint density at radius 3 is 2.36 bits per heavy atom. The van der Waals surface area contributed by atoms with Gasteiger partial charge >= 0.3 is 0 Å². The molecule has 0 atom stereocenters. The van der Waals surface area contributed by atoms with Crippen LogP contribution in [-0.4, -0.2) is 26.8 Å². The molecular formula is C9H21NSi. The number of allylic oxidation sites excluding steroid dienone is 2. The molecule has 0 unspecified atom stereocenters. The molecule has 1 nitrogen and oxygen atoms in total. The normalized spacial score (nSPS) is 14.3. The van der Waals surface area contributed by atoms with E-state index in [4.69, 9.17) is 0 Å². The van der Waals surface area contributed by atoms with Crippen molar-refractivity contribution < 1.29 is 0 Å². The number of nitrogens with zero attached hydrogens (tertiary/aromatic N) is 1. The van der Waals surface area contributed by atoms with E-state index in [0.29, 0.717) is 0 Å². The summed E-state index contributed by atoms with van der Waals surface area (Å²) in [7, 11) is -0.103. The van der Waals surface area contributed by atoms with E-state index >= 15 is 0 Å². The van der Waals surface area contributed by atoms with Crippen molar-refractivity contribution in [1.82, 2.24) is 4.57 Å². The first-order valence-corrected chi connectivity index (χ1v) is 5.81. The summed E-state index contributed by atoms with van der Waals surface area (Å²) in [6, 6.07) is 0.724. The molecule has 0 rings (SSSR count). The minimum Gasteiger partial charge on any atom is -0.323 e. The molecule has 0 saturated heterocycles. The molecule has 0 aromatic heterocycles. The molecule has 0 aliphatic carbocycles. The summed E-state index contributed by atoms with van der Waals surface area (Å²) in [4.78, 5) is 0. The van der Waals surface area contributed by atoms with Gasteiger partial charge in [0.15, 0.2) is 0 Å². The van der Waals surface area contributed by atoms with E-state index in [0.717, 1.165) is 6.04 Å². The van der Waals surface area contributed by atoms with E-state index < -0.39 is 0 Å². The lowest BCUT2D eigenvalue weighted by Gasteiger charge is -2.24. The van der Waals surface area contributed by atoms with Gasteiger partial charge in [0.1, 0.15) is 9.68 Å². The van der Waals surface area contributed by atoms with Crippen LogP contribution in [0.4, 0.5) is 0 Å². The Morgan fingerprint density at radius 2 is 2.09 bits per heavy atom. The highest BCUT2D eigenvalue weighted by molar-refractivity contribution is 6.41. The standard InChI is InChI=1S/C9H21NSi/c1-6-9(5)11-10(7-2)8(3)4/h6,8H,7,11H2,1-5H3. The fourth-order valence-corrected chi connectivity index (χ4v) is 2.48. The predicted octanol–water partition coefficient (Wildman–Crippen LogP) is 1.72. The van der Waals surface area contributed by atoms with Crippen LogP contribution in [0.1, 0.15) is 34.6 Å². The van der Waals surface area contributed by atoms with Crippen LogP contribution in [0.2, 0.25) is 0 Å². The van der Waals surface area contributed by atoms with E-state index in [9.17, 15) is 0 Å². The Kier molecular flexibility index (Phi) is 5.51. The maximum Gasteiger partial charge on any atom is 0.122 e. The second-order valence-electron chi connectivity index (χ2n) is 3.29. The van der Waals surface area contributed by atoms with Gasteiger partial charge in [-0.3, -0.25) is 0 Å². The monoisotopic (exact) mass is 171 g/mol. The summed E-state index contributed by atoms with van der Waals surface area (Å²) in [5, 5.41) is 1.60. The van der Waals surface area contributed by atoms with Gasteiger partial charge in [-0.2, -0.15) is 0 Å². The maximum atomic E-state index is 2.59. The minimum atomic E-state index is -0.103. The minimum absolute atomic E-state index is 0.103. The molecular weight excluding hydrogens is 150 g/mol. The van der Waals surface area contributed by atoms with E-state index in [2.05, 4.69) is 45.3 Å². The molecule has 0 aromatic rings. The lowest BCUT2D eigenvalue weighted by Crippen LogP contribution is -2.34. The molecule has 0 heterocycles. The zero-order valence-corrected chi connectivity index (χ0v) is 9.93. The molecule has 0 amide bonds. The molecule has 11 heavy (non-hydrogen) atoms. The third-order valence-electron chi connectivity index (χ3n) is 2.08. The van der Waals surface area contributed by atoms with Gasteiger partial charge in [-0.05, 0) is 26.4 Å². The number of hydrogen-bond acceptors (Lipinski definition) is 1. The third kappa shape index (κ3) is 4.38. The van der Waals surface area contributed by atoms with Gasteiger partial charge in [-0.1, -0.05) is 32.0 Å². The number of rotatable bonds is 4. The fraction of sp³-hybridized carbons (Fsp3) is 0.778. The molecule has 0 radical (unpaired) electrons. The first-order chi connectivity index (χ1) is 5.11. The highest BCUT2D eigenvalue weighted by atomic mass is 28.2. The Bertz CT molecular complexity index is 130. The van der Waals surface area contributed by atoms with Crippen LogP contribution in [0, 0.1) is 0 Å². The molecule has 0 aromatic carbocycles. The highest BCUT2D eigenvalue weighted by Crippen LogP contribution is 1.99. The smallest absolute Gasteiger partial charge is 0.122 e. The van der Waals surface area contributed by atoms with E-state index in [1.807, 2.05) is 0 Å². The van der Waals surface area contributed by atoms with E-state index in [1.165, 1.54) is 6.54 Å². The van der Waals surface area contributed by atoms with Crippen LogP contribution in [0.15, 0.2) is 11.3 Å². The topological polar surface area (TPSA) is 3.24 Å². The summed E-state index contributed by atoms with van der Waals surface area (Å²) in [6.45, 7) is 12.4. The van der Waals surface area contributed by atoms with Crippen LogP contribution in [0.3, 0.4) is 0 Å². The second kappa shape index (κ2) is 5.55. The third-order valence-corrected chi connectivity index (χ3v) is 4.57. The maximum absolute atomic E-state index is 2.59. The summed E-state index contributed by atoms with van der Waals surface area (Å²) < 4.78 is 2.59. The summed E-state index contributed by atoms with van der Waals surface area (Å²) >= 11 is 0. The Hall–Kier alpha value is -0.0831. The molecule has 0 bridgehead atoms. The van der Waals surface area contributed by atoms with Crippen molar-refractivity contribution >= 4 is 9.68 Å². The van der Waals surface area contributed by atoms with Gasteiger partial charge in [0.05, 0.1) is 0 Å². The van der Waals surface area contributed by atoms with Gasteiger partial charge < -0.3 is 4.57 Å². The molecule has 0 aliphatic rings. The van der Waals surface area contributed by atoms with E-state index in [-0.39, 0.29) is 9.68 Å². The van der Waals surface area contributed by atoms with Crippen molar-refractivity contribution in [3.63, 3.8) is 0 Å². The van der Waals surface area contributed by atoms with Gasteiger partial charge in [-0.25, -0.2) is 0 Å². The molecule has 2 heteroatoms. The largest absolute Gasteiger partial charge is 0.323 e. The van der Waals surface area contributed by atoms with Crippen LogP contribution in [0.5, 0.6) is 0 Å². The zero-order chi connectivity index (χ0) is 8.85. The van der Waals surface area contributed by atoms with Crippen LogP contribution in [-0.2, 0) is 0 Å². The zero-order valence-electron chi connectivity index (χ0n) is 8.52. The summed E-state index contributed by atoms with van der Waals surface area (Å²) in [6.07, 6.45) is 2.25. The van der Waals surface area contributed by atoms with Crippen molar-refractivity contribution in [1.29, 1.82) is 0 Å². The van der Waals surface area contributed by atoms with Crippen molar-refractivity contribution in [3.8, 4) is 0 Å². The Balaban J connectivity index is 3.88. The highest BCUT2D eigenvalue weighted by Gasteiger charge is 2.06. The number of hydrogen-bond donors (Lipinski definition) is 0. The lowest BCUT2D eigenvalue weighted by molar-refractivity contribution is 0.392. The molecule has 0 N–H and O–H groups in total. The van der Waals surface area contributed by atoms with Gasteiger partial charge in [0.25, 0.3) is 0 Å². The summed E-state index contributed by atoms with van der Waals surface area (Å²) in [5.74, 6) is 0. The molecule has 0 saturated carbocycles. The average Bonchev–Trinajstić information content (AvgIpc) is 1.99. The molecule has 0 spiro atoms. The average molecular weight is 171 g/mol. The van der Waals surface area contributed by atoms with Crippen LogP contribution in [0.25, 0.3) is 0 Å². The van der Waals surface area contributed by atoms with Crippen LogP contribution >= 0.6 is 0 Å². The van der Waals surface area contributed by atoms with Gasteiger partial charge in [-0.15, -0.1) is 0 Å². The van der Waals surface area contributed by atoms with Crippen molar-refractivity contribution in [2.75, 3.05) is 6.54 Å². The first-order valence-electron chi connectivity index (χ1n) is 4.47. The molecule has 66 valence electrons. The molecule has 0 aliphatic heterocycles. The van der Waals surface area contributed by atoms with Crippen molar-refractivity contribution in [2.45, 2.75) is 40.7 Å². The first kappa shape index (κ1) is 10.9. The van der Waals surface area contributed by atoms with Crippen LogP contribution < -0.4 is 0 Å². The predicted molar refractivity (Wildman–Crippen MR) is 55.5 cm³/mol. The van der Waals surface area contributed by atoms with Crippen molar-refractivity contribution in [3.05, 3.63) is 11.3 Å². The lowest BCUT2D eigenvalue weighted by atomic mass is 10.4. The second-order valence-corrected chi connectivity index (χ2v) is 5.54. The fourth-order valence-electron chi connectivity index (χ4n) is 1.07. The summed E-state index contributed by atoms with van der Waals surface area (Å²) in [5.41, 5.74) is 0. The Morgan fingerprint density at radius 1 is 1.55 bits per heavy atom. The van der Waals surface area contributed by atoms with E-state index in [1.54, 1.807) is 5.20 Å². The van der Waals surface area contributed by atoms with Gasteiger partial charge in [0.2, 0.25) is 0 Å².